The predicted molar refractivity (Wildman–Crippen MR) is 99.8 cm³/mol. The molecule has 6 nitrogen and oxygen atoms in total. The van der Waals surface area contributed by atoms with Gasteiger partial charge in [0.15, 0.2) is 0 Å². The fourth-order valence-electron chi connectivity index (χ4n) is 2.91. The van der Waals surface area contributed by atoms with Crippen molar-refractivity contribution in [2.45, 2.75) is 19.8 Å². The van der Waals surface area contributed by atoms with Gasteiger partial charge in [0.2, 0.25) is 0 Å². The fraction of sp³-hybridized carbons (Fsp3) is 0.222. The van der Waals surface area contributed by atoms with E-state index in [0.29, 0.717) is 27.5 Å². The molecule has 2 heterocycles. The van der Waals surface area contributed by atoms with Crippen molar-refractivity contribution in [3.8, 4) is 0 Å². The maximum atomic E-state index is 12.5. The Morgan fingerprint density at radius 2 is 2.04 bits per heavy atom. The van der Waals surface area contributed by atoms with Crippen LogP contribution in [0.1, 0.15) is 30.9 Å². The molecule has 2 aromatic rings. The SMILES string of the molecule is CCOC(=O)OC1=C(C)Nc2cc[nH]c(=O)c2C1c1cccc(Cl)c1Cl. The minimum absolute atomic E-state index is 0.165. The minimum Gasteiger partial charge on any atom is -0.434 e. The number of pyridine rings is 1. The van der Waals surface area contributed by atoms with E-state index >= 15 is 0 Å². The zero-order valence-corrected chi connectivity index (χ0v) is 15.6. The lowest BCUT2D eigenvalue weighted by Gasteiger charge is -2.29. The van der Waals surface area contributed by atoms with Gasteiger partial charge in [-0.2, -0.15) is 0 Å². The molecule has 0 saturated carbocycles. The molecular formula is C18H16Cl2N2O4. The van der Waals surface area contributed by atoms with E-state index in [-0.39, 0.29) is 22.9 Å². The Labute approximate surface area is 159 Å². The third-order valence-corrected chi connectivity index (χ3v) is 4.82. The number of ether oxygens (including phenoxy) is 2. The van der Waals surface area contributed by atoms with Gasteiger partial charge in [0.25, 0.3) is 5.56 Å². The van der Waals surface area contributed by atoms with Crippen LogP contribution in [-0.4, -0.2) is 17.7 Å². The lowest BCUT2D eigenvalue weighted by Crippen LogP contribution is -2.28. The average Bonchev–Trinajstić information content (AvgIpc) is 2.59. The number of rotatable bonds is 3. The van der Waals surface area contributed by atoms with Crippen LogP contribution in [-0.2, 0) is 9.47 Å². The van der Waals surface area contributed by atoms with E-state index in [9.17, 15) is 9.59 Å². The summed E-state index contributed by atoms with van der Waals surface area (Å²) in [6, 6.07) is 6.84. The summed E-state index contributed by atoms with van der Waals surface area (Å²) >= 11 is 12.6. The van der Waals surface area contributed by atoms with Crippen molar-refractivity contribution in [1.82, 2.24) is 4.98 Å². The van der Waals surface area contributed by atoms with E-state index in [0.717, 1.165) is 0 Å². The van der Waals surface area contributed by atoms with Crippen LogP contribution >= 0.6 is 23.2 Å². The molecular weight excluding hydrogens is 379 g/mol. The van der Waals surface area contributed by atoms with E-state index in [1.807, 2.05) is 0 Å². The van der Waals surface area contributed by atoms with E-state index in [4.69, 9.17) is 32.7 Å². The highest BCUT2D eigenvalue weighted by Crippen LogP contribution is 2.44. The molecule has 0 aliphatic carbocycles. The van der Waals surface area contributed by atoms with Crippen LogP contribution in [0.15, 0.2) is 46.7 Å². The van der Waals surface area contributed by atoms with E-state index in [1.165, 1.54) is 6.20 Å². The maximum absolute atomic E-state index is 12.5. The molecule has 1 aliphatic heterocycles. The van der Waals surface area contributed by atoms with Gasteiger partial charge in [-0.15, -0.1) is 0 Å². The molecule has 1 aromatic carbocycles. The molecule has 0 saturated heterocycles. The number of fused-ring (bicyclic) bond motifs is 1. The summed E-state index contributed by atoms with van der Waals surface area (Å²) in [6.07, 6.45) is 0.678. The molecule has 3 rings (SSSR count). The number of carbonyl (C=O) groups is 1. The monoisotopic (exact) mass is 394 g/mol. The lowest BCUT2D eigenvalue weighted by molar-refractivity contribution is 0.0777. The van der Waals surface area contributed by atoms with E-state index in [1.54, 1.807) is 38.1 Å². The van der Waals surface area contributed by atoms with Crippen LogP contribution in [0.2, 0.25) is 10.0 Å². The van der Waals surface area contributed by atoms with E-state index in [2.05, 4.69) is 10.3 Å². The van der Waals surface area contributed by atoms with Gasteiger partial charge in [-0.05, 0) is 31.5 Å². The zero-order valence-electron chi connectivity index (χ0n) is 14.1. The van der Waals surface area contributed by atoms with Crippen LogP contribution in [0.3, 0.4) is 0 Å². The zero-order chi connectivity index (χ0) is 18.8. The maximum Gasteiger partial charge on any atom is 0.513 e. The number of aromatic nitrogens is 1. The van der Waals surface area contributed by atoms with Crippen molar-refractivity contribution in [1.29, 1.82) is 0 Å². The van der Waals surface area contributed by atoms with Gasteiger partial charge >= 0.3 is 6.16 Å². The molecule has 1 aliphatic rings. The van der Waals surface area contributed by atoms with Crippen LogP contribution in [0.25, 0.3) is 0 Å². The summed E-state index contributed by atoms with van der Waals surface area (Å²) in [5.74, 6) is -0.483. The summed E-state index contributed by atoms with van der Waals surface area (Å²) in [5, 5.41) is 3.71. The molecule has 1 atom stereocenters. The number of halogens is 2. The number of allylic oxidation sites excluding steroid dienone is 2. The van der Waals surface area contributed by atoms with Crippen molar-refractivity contribution in [2.75, 3.05) is 11.9 Å². The Morgan fingerprint density at radius 3 is 2.77 bits per heavy atom. The van der Waals surface area contributed by atoms with Crippen molar-refractivity contribution >= 4 is 35.0 Å². The third kappa shape index (κ3) is 3.30. The molecule has 0 radical (unpaired) electrons. The highest BCUT2D eigenvalue weighted by molar-refractivity contribution is 6.42. The quantitative estimate of drug-likeness (QED) is 0.740. The van der Waals surface area contributed by atoms with Crippen LogP contribution in [0.5, 0.6) is 0 Å². The van der Waals surface area contributed by atoms with Gasteiger partial charge in [0.05, 0.1) is 33.8 Å². The molecule has 0 fully saturated rings. The van der Waals surface area contributed by atoms with Gasteiger partial charge in [-0.25, -0.2) is 4.79 Å². The Hall–Kier alpha value is -2.44. The molecule has 0 amide bonds. The Bertz CT molecular complexity index is 952. The molecule has 0 spiro atoms. The summed E-state index contributed by atoms with van der Waals surface area (Å²) in [5.41, 5.74) is 1.77. The smallest absolute Gasteiger partial charge is 0.434 e. The molecule has 136 valence electrons. The van der Waals surface area contributed by atoms with Crippen LogP contribution in [0.4, 0.5) is 10.5 Å². The Balaban J connectivity index is 2.22. The standard InChI is InChI=1S/C18H16Cl2N2O4/c1-3-25-18(24)26-16-9(2)22-12-7-8-21-17(23)14(12)13(16)10-5-4-6-11(19)15(10)20/h4-8,13,22H,3H2,1-2H3,(H,21,23). The highest BCUT2D eigenvalue weighted by Gasteiger charge is 2.35. The fourth-order valence-corrected chi connectivity index (χ4v) is 3.33. The summed E-state index contributed by atoms with van der Waals surface area (Å²) < 4.78 is 10.3. The first-order valence-corrected chi connectivity index (χ1v) is 8.67. The number of hydrogen-bond acceptors (Lipinski definition) is 5. The van der Waals surface area contributed by atoms with Crippen molar-refractivity contribution < 1.29 is 14.3 Å². The first-order chi connectivity index (χ1) is 12.4. The van der Waals surface area contributed by atoms with Gasteiger partial charge in [-0.3, -0.25) is 4.79 Å². The largest absolute Gasteiger partial charge is 0.513 e. The number of nitrogens with one attached hydrogen (secondary N) is 2. The number of H-pyrrole nitrogens is 1. The second-order valence-corrected chi connectivity index (χ2v) is 6.39. The Morgan fingerprint density at radius 1 is 1.27 bits per heavy atom. The normalized spacial score (nSPS) is 15.9. The summed E-state index contributed by atoms with van der Waals surface area (Å²) in [7, 11) is 0. The second kappa shape index (κ2) is 7.43. The van der Waals surface area contributed by atoms with Crippen molar-refractivity contribution in [2.24, 2.45) is 0 Å². The predicted octanol–water partition coefficient (Wildman–Crippen LogP) is 4.64. The number of benzene rings is 1. The van der Waals surface area contributed by atoms with Crippen molar-refractivity contribution in [3.63, 3.8) is 0 Å². The molecule has 2 N–H and O–H groups in total. The van der Waals surface area contributed by atoms with Gasteiger partial charge < -0.3 is 19.8 Å². The lowest BCUT2D eigenvalue weighted by atomic mass is 9.86. The van der Waals surface area contributed by atoms with E-state index < -0.39 is 12.1 Å². The first kappa shape index (κ1) is 18.4. The number of carbonyl (C=O) groups excluding carboxylic acids is 1. The number of aromatic amines is 1. The van der Waals surface area contributed by atoms with Crippen LogP contribution in [0, 0.1) is 0 Å². The molecule has 0 bridgehead atoms. The molecule has 1 unspecified atom stereocenters. The average molecular weight is 395 g/mol. The Kier molecular flexibility index (Phi) is 5.25. The summed E-state index contributed by atoms with van der Waals surface area (Å²) in [4.78, 5) is 27.1. The molecule has 1 aromatic heterocycles. The van der Waals surface area contributed by atoms with Crippen molar-refractivity contribution in [3.05, 3.63) is 73.4 Å². The molecule has 26 heavy (non-hydrogen) atoms. The van der Waals surface area contributed by atoms with Gasteiger partial charge in [0, 0.05) is 11.9 Å². The third-order valence-electron chi connectivity index (χ3n) is 3.99. The topological polar surface area (TPSA) is 80.4 Å². The molecule has 8 heteroatoms. The van der Waals surface area contributed by atoms with Gasteiger partial charge in [0.1, 0.15) is 5.76 Å². The summed E-state index contributed by atoms with van der Waals surface area (Å²) in [6.45, 7) is 3.58. The minimum atomic E-state index is -0.859. The van der Waals surface area contributed by atoms with Crippen LogP contribution < -0.4 is 10.9 Å². The first-order valence-electron chi connectivity index (χ1n) is 7.92. The van der Waals surface area contributed by atoms with Gasteiger partial charge in [-0.1, -0.05) is 35.3 Å². The highest BCUT2D eigenvalue weighted by atomic mass is 35.5. The number of anilines is 1. The second-order valence-electron chi connectivity index (χ2n) is 5.61. The number of hydrogen-bond donors (Lipinski definition) is 2.